The van der Waals surface area contributed by atoms with Crippen molar-refractivity contribution in [2.75, 3.05) is 11.5 Å². The lowest BCUT2D eigenvalue weighted by Gasteiger charge is -2.14. The largest absolute Gasteiger partial charge is 0.490 e. The zero-order valence-electron chi connectivity index (χ0n) is 18.3. The minimum Gasteiger partial charge on any atom is -0.490 e. The molecular weight excluding hydrogens is 470 g/mol. The van der Waals surface area contributed by atoms with Crippen LogP contribution in [0, 0.1) is 0 Å². The summed E-state index contributed by atoms with van der Waals surface area (Å²) in [6, 6.07) is 21.3. The van der Waals surface area contributed by atoms with Crippen molar-refractivity contribution in [1.29, 1.82) is 0 Å². The van der Waals surface area contributed by atoms with Gasteiger partial charge >= 0.3 is 5.97 Å². The molecule has 4 rings (SSSR count). The van der Waals surface area contributed by atoms with Crippen LogP contribution in [0.15, 0.2) is 77.7 Å². The minimum absolute atomic E-state index is 0.163. The second-order valence-electron chi connectivity index (χ2n) is 7.28. The van der Waals surface area contributed by atoms with E-state index in [0.717, 1.165) is 16.8 Å². The smallest absolute Gasteiger partial charge is 0.335 e. The van der Waals surface area contributed by atoms with Crippen molar-refractivity contribution in [1.82, 2.24) is 0 Å². The quantitative estimate of drug-likeness (QED) is 0.317. The minimum atomic E-state index is -0.970. The molecule has 6 nitrogen and oxygen atoms in total. The molecule has 0 unspecified atom stereocenters. The van der Waals surface area contributed by atoms with Crippen molar-refractivity contribution in [2.24, 2.45) is 0 Å². The van der Waals surface area contributed by atoms with Gasteiger partial charge in [-0.05, 0) is 60.5 Å². The van der Waals surface area contributed by atoms with Crippen molar-refractivity contribution in [2.45, 2.75) is 13.5 Å². The summed E-state index contributed by atoms with van der Waals surface area (Å²) in [7, 11) is 0. The van der Waals surface area contributed by atoms with Gasteiger partial charge in [0.05, 0.1) is 22.8 Å². The van der Waals surface area contributed by atoms with E-state index in [4.69, 9.17) is 26.8 Å². The Kier molecular flexibility index (Phi) is 7.30. The van der Waals surface area contributed by atoms with E-state index in [-0.39, 0.29) is 18.1 Å². The number of hydrogen-bond donors (Lipinski definition) is 1. The first-order chi connectivity index (χ1) is 16.5. The molecule has 1 fully saturated rings. The summed E-state index contributed by atoms with van der Waals surface area (Å²) in [5.74, 6) is -0.0262. The third-order valence-electron chi connectivity index (χ3n) is 4.97. The average molecular weight is 492 g/mol. The standard InChI is InChI=1S/C26H21NO5S2/c1-2-31-22-14-18(10-13-21(22)32-16-17-8-11-19(12-9-17)25(29)30)15-23-24(28)27(26(33)34-23)20-6-4-3-5-7-20/h3-15H,2,16H2,1H3,(H,29,30)/b23-15+. The van der Waals surface area contributed by atoms with Gasteiger partial charge in [0.1, 0.15) is 6.61 Å². The summed E-state index contributed by atoms with van der Waals surface area (Å²) in [5, 5.41) is 9.03. The van der Waals surface area contributed by atoms with Crippen molar-refractivity contribution in [3.05, 3.63) is 94.4 Å². The number of nitrogens with zero attached hydrogens (tertiary/aromatic N) is 1. The van der Waals surface area contributed by atoms with E-state index in [2.05, 4.69) is 0 Å². The lowest BCUT2D eigenvalue weighted by Crippen LogP contribution is -2.27. The Morgan fingerprint density at radius 3 is 2.44 bits per heavy atom. The topological polar surface area (TPSA) is 76.1 Å². The molecule has 0 spiro atoms. The van der Waals surface area contributed by atoms with Gasteiger partial charge in [-0.3, -0.25) is 9.69 Å². The summed E-state index contributed by atoms with van der Waals surface area (Å²) in [6.07, 6.45) is 1.79. The zero-order chi connectivity index (χ0) is 24.1. The van der Waals surface area contributed by atoms with Crippen LogP contribution in [-0.4, -0.2) is 27.9 Å². The second-order valence-corrected chi connectivity index (χ2v) is 8.96. The van der Waals surface area contributed by atoms with E-state index in [1.807, 2.05) is 49.4 Å². The van der Waals surface area contributed by atoms with Crippen molar-refractivity contribution in [3.8, 4) is 11.5 Å². The average Bonchev–Trinajstić information content (AvgIpc) is 3.12. The van der Waals surface area contributed by atoms with Gasteiger partial charge in [0, 0.05) is 0 Å². The van der Waals surface area contributed by atoms with Crippen LogP contribution in [0.2, 0.25) is 0 Å². The molecule has 1 aliphatic heterocycles. The summed E-state index contributed by atoms with van der Waals surface area (Å²) in [4.78, 5) is 26.0. The van der Waals surface area contributed by atoms with Crippen LogP contribution in [-0.2, 0) is 11.4 Å². The fraction of sp³-hybridized carbons (Fsp3) is 0.115. The number of rotatable bonds is 8. The molecule has 1 amide bonds. The molecule has 1 saturated heterocycles. The molecule has 3 aromatic carbocycles. The Labute approximate surface area is 206 Å². The maximum absolute atomic E-state index is 13.0. The molecular formula is C26H21NO5S2. The number of carboxylic acid groups (broad SMARTS) is 1. The van der Waals surface area contributed by atoms with Crippen molar-refractivity contribution >= 4 is 51.9 Å². The zero-order valence-corrected chi connectivity index (χ0v) is 19.9. The van der Waals surface area contributed by atoms with Crippen LogP contribution in [0.1, 0.15) is 28.4 Å². The van der Waals surface area contributed by atoms with Crippen molar-refractivity contribution < 1.29 is 24.2 Å². The maximum Gasteiger partial charge on any atom is 0.335 e. The fourth-order valence-corrected chi connectivity index (χ4v) is 4.62. The highest BCUT2D eigenvalue weighted by Gasteiger charge is 2.33. The summed E-state index contributed by atoms with van der Waals surface area (Å²) >= 11 is 6.69. The Hall–Kier alpha value is -3.62. The predicted molar refractivity (Wildman–Crippen MR) is 137 cm³/mol. The molecule has 0 radical (unpaired) electrons. The van der Waals surface area contributed by atoms with Gasteiger partial charge in [-0.2, -0.15) is 0 Å². The predicted octanol–water partition coefficient (Wildman–Crippen LogP) is 5.77. The number of aromatic carboxylic acids is 1. The molecule has 0 saturated carbocycles. The third-order valence-corrected chi connectivity index (χ3v) is 6.27. The van der Waals surface area contributed by atoms with Crippen LogP contribution in [0.4, 0.5) is 5.69 Å². The number of carbonyl (C=O) groups is 2. The number of benzene rings is 3. The summed E-state index contributed by atoms with van der Waals surface area (Å²) in [6.45, 7) is 2.59. The Morgan fingerprint density at radius 1 is 1.03 bits per heavy atom. The van der Waals surface area contributed by atoms with Gasteiger partial charge in [-0.25, -0.2) is 4.79 Å². The highest BCUT2D eigenvalue weighted by Crippen LogP contribution is 2.37. The van der Waals surface area contributed by atoms with Gasteiger partial charge in [-0.15, -0.1) is 0 Å². The number of amides is 1. The van der Waals surface area contributed by atoms with E-state index < -0.39 is 5.97 Å². The van der Waals surface area contributed by atoms with Gasteiger partial charge in [0.2, 0.25) is 0 Å². The molecule has 8 heteroatoms. The number of thiocarbonyl (C=S) groups is 1. The molecule has 0 aliphatic carbocycles. The number of hydrogen-bond acceptors (Lipinski definition) is 6. The van der Waals surface area contributed by atoms with Crippen LogP contribution in [0.3, 0.4) is 0 Å². The first kappa shape index (κ1) is 23.5. The van der Waals surface area contributed by atoms with Gasteiger partial charge in [0.25, 0.3) is 5.91 Å². The lowest BCUT2D eigenvalue weighted by atomic mass is 10.1. The highest BCUT2D eigenvalue weighted by atomic mass is 32.2. The fourth-order valence-electron chi connectivity index (χ4n) is 3.33. The summed E-state index contributed by atoms with van der Waals surface area (Å²) < 4.78 is 12.2. The van der Waals surface area contributed by atoms with Crippen LogP contribution >= 0.6 is 24.0 Å². The molecule has 1 aliphatic rings. The molecule has 3 aromatic rings. The van der Waals surface area contributed by atoms with Gasteiger partial charge in [-0.1, -0.05) is 60.4 Å². The molecule has 1 N–H and O–H groups in total. The number of carboxylic acids is 1. The Morgan fingerprint density at radius 2 is 1.76 bits per heavy atom. The van der Waals surface area contributed by atoms with Gasteiger partial charge in [0.15, 0.2) is 15.8 Å². The van der Waals surface area contributed by atoms with Crippen molar-refractivity contribution in [3.63, 3.8) is 0 Å². The molecule has 34 heavy (non-hydrogen) atoms. The van der Waals surface area contributed by atoms with Crippen LogP contribution in [0.5, 0.6) is 11.5 Å². The lowest BCUT2D eigenvalue weighted by molar-refractivity contribution is -0.113. The van der Waals surface area contributed by atoms with E-state index in [1.165, 1.54) is 16.7 Å². The molecule has 0 aromatic heterocycles. The number of para-hydroxylation sites is 1. The maximum atomic E-state index is 13.0. The van der Waals surface area contributed by atoms with E-state index in [0.29, 0.717) is 27.3 Å². The first-order valence-electron chi connectivity index (χ1n) is 10.5. The Balaban J connectivity index is 1.52. The van der Waals surface area contributed by atoms with Gasteiger partial charge < -0.3 is 14.6 Å². The molecule has 0 atom stereocenters. The number of carbonyl (C=O) groups excluding carboxylic acids is 1. The monoisotopic (exact) mass is 491 g/mol. The molecule has 0 bridgehead atoms. The van der Waals surface area contributed by atoms with E-state index >= 15 is 0 Å². The number of anilines is 1. The summed E-state index contributed by atoms with van der Waals surface area (Å²) in [5.41, 5.74) is 2.58. The second kappa shape index (κ2) is 10.5. The number of ether oxygens (including phenoxy) is 2. The van der Waals surface area contributed by atoms with Crippen LogP contribution in [0.25, 0.3) is 6.08 Å². The van der Waals surface area contributed by atoms with Crippen LogP contribution < -0.4 is 14.4 Å². The number of thioether (sulfide) groups is 1. The normalized spacial score (nSPS) is 14.5. The van der Waals surface area contributed by atoms with E-state index in [9.17, 15) is 9.59 Å². The Bertz CT molecular complexity index is 1260. The first-order valence-corrected chi connectivity index (χ1v) is 11.7. The molecule has 1 heterocycles. The highest BCUT2D eigenvalue weighted by molar-refractivity contribution is 8.27. The van der Waals surface area contributed by atoms with E-state index in [1.54, 1.807) is 36.4 Å². The SMILES string of the molecule is CCOc1cc(/C=C2/SC(=S)N(c3ccccc3)C2=O)ccc1OCc1ccc(C(=O)O)cc1. The third kappa shape index (κ3) is 5.30. The molecule has 172 valence electrons.